The SMILES string of the molecule is C[C@@]1(C(=O)O)CCN(C(=O)C[C@H]2CCCO2)C1. The van der Waals surface area contributed by atoms with Crippen LogP contribution in [0.1, 0.15) is 32.6 Å². The van der Waals surface area contributed by atoms with Gasteiger partial charge in [0, 0.05) is 19.7 Å². The number of nitrogens with zero attached hydrogens (tertiary/aromatic N) is 1. The van der Waals surface area contributed by atoms with Crippen molar-refractivity contribution in [3.8, 4) is 0 Å². The molecule has 0 radical (unpaired) electrons. The van der Waals surface area contributed by atoms with Gasteiger partial charge in [-0.25, -0.2) is 0 Å². The smallest absolute Gasteiger partial charge is 0.311 e. The van der Waals surface area contributed by atoms with Crippen LogP contribution in [0.25, 0.3) is 0 Å². The van der Waals surface area contributed by atoms with E-state index in [1.807, 2.05) is 0 Å². The summed E-state index contributed by atoms with van der Waals surface area (Å²) in [5, 5.41) is 9.09. The van der Waals surface area contributed by atoms with Gasteiger partial charge in [-0.15, -0.1) is 0 Å². The molecule has 5 heteroatoms. The van der Waals surface area contributed by atoms with Crippen LogP contribution in [0.5, 0.6) is 0 Å². The number of carboxylic acid groups (broad SMARTS) is 1. The lowest BCUT2D eigenvalue weighted by molar-refractivity contribution is -0.147. The van der Waals surface area contributed by atoms with Gasteiger partial charge in [-0.2, -0.15) is 0 Å². The van der Waals surface area contributed by atoms with E-state index in [2.05, 4.69) is 0 Å². The zero-order valence-electron chi connectivity index (χ0n) is 10.1. The zero-order chi connectivity index (χ0) is 12.5. The Balaban J connectivity index is 1.87. The molecule has 96 valence electrons. The lowest BCUT2D eigenvalue weighted by Crippen LogP contribution is -2.36. The molecule has 2 rings (SSSR count). The Hall–Kier alpha value is -1.10. The molecule has 2 atom stereocenters. The van der Waals surface area contributed by atoms with E-state index in [9.17, 15) is 9.59 Å². The highest BCUT2D eigenvalue weighted by Crippen LogP contribution is 2.31. The van der Waals surface area contributed by atoms with Crippen molar-refractivity contribution >= 4 is 11.9 Å². The van der Waals surface area contributed by atoms with Crippen molar-refractivity contribution < 1.29 is 19.4 Å². The molecule has 0 aromatic heterocycles. The number of carbonyl (C=O) groups is 2. The van der Waals surface area contributed by atoms with Gasteiger partial charge in [0.1, 0.15) is 0 Å². The van der Waals surface area contributed by atoms with Crippen molar-refractivity contribution in [2.24, 2.45) is 5.41 Å². The van der Waals surface area contributed by atoms with Crippen LogP contribution < -0.4 is 0 Å². The van der Waals surface area contributed by atoms with Crippen molar-refractivity contribution in [2.75, 3.05) is 19.7 Å². The Kier molecular flexibility index (Phi) is 3.38. The van der Waals surface area contributed by atoms with Gasteiger partial charge in [-0.1, -0.05) is 0 Å². The van der Waals surface area contributed by atoms with E-state index < -0.39 is 11.4 Å². The first kappa shape index (κ1) is 12.4. The monoisotopic (exact) mass is 241 g/mol. The van der Waals surface area contributed by atoms with E-state index in [1.165, 1.54) is 0 Å². The maximum absolute atomic E-state index is 12.0. The third-order valence-electron chi connectivity index (χ3n) is 3.77. The molecule has 2 aliphatic heterocycles. The van der Waals surface area contributed by atoms with Crippen molar-refractivity contribution in [3.05, 3.63) is 0 Å². The molecule has 0 aromatic rings. The molecular formula is C12H19NO4. The van der Waals surface area contributed by atoms with Crippen LogP contribution in [0.2, 0.25) is 0 Å². The summed E-state index contributed by atoms with van der Waals surface area (Å²) in [6.45, 7) is 3.32. The number of amides is 1. The molecule has 2 aliphatic rings. The van der Waals surface area contributed by atoms with Gasteiger partial charge in [-0.05, 0) is 26.2 Å². The highest BCUT2D eigenvalue weighted by atomic mass is 16.5. The van der Waals surface area contributed by atoms with Crippen LogP contribution in [0, 0.1) is 5.41 Å². The lowest BCUT2D eigenvalue weighted by Gasteiger charge is -2.21. The molecule has 1 N–H and O–H groups in total. The Morgan fingerprint density at radius 1 is 1.53 bits per heavy atom. The minimum absolute atomic E-state index is 0.0295. The third-order valence-corrected chi connectivity index (χ3v) is 3.77. The van der Waals surface area contributed by atoms with Gasteiger partial charge in [-0.3, -0.25) is 9.59 Å². The Morgan fingerprint density at radius 2 is 2.29 bits per heavy atom. The van der Waals surface area contributed by atoms with Crippen molar-refractivity contribution in [1.82, 2.24) is 4.90 Å². The summed E-state index contributed by atoms with van der Waals surface area (Å²) in [6.07, 6.45) is 2.94. The van der Waals surface area contributed by atoms with Crippen LogP contribution >= 0.6 is 0 Å². The molecule has 0 spiro atoms. The van der Waals surface area contributed by atoms with Gasteiger partial charge >= 0.3 is 5.97 Å². The van der Waals surface area contributed by atoms with Gasteiger partial charge in [0.2, 0.25) is 5.91 Å². The molecule has 2 fully saturated rings. The quantitative estimate of drug-likeness (QED) is 0.796. The van der Waals surface area contributed by atoms with Crippen LogP contribution in [-0.4, -0.2) is 47.7 Å². The molecule has 17 heavy (non-hydrogen) atoms. The Morgan fingerprint density at radius 3 is 2.82 bits per heavy atom. The molecule has 0 unspecified atom stereocenters. The number of carboxylic acids is 1. The highest BCUT2D eigenvalue weighted by molar-refractivity contribution is 5.80. The van der Waals surface area contributed by atoms with Crippen molar-refractivity contribution in [2.45, 2.75) is 38.7 Å². The minimum atomic E-state index is -0.815. The molecule has 0 aliphatic carbocycles. The number of rotatable bonds is 3. The Bertz CT molecular complexity index is 324. The molecule has 2 saturated heterocycles. The van der Waals surface area contributed by atoms with E-state index in [4.69, 9.17) is 9.84 Å². The van der Waals surface area contributed by atoms with Gasteiger partial charge in [0.15, 0.2) is 0 Å². The number of hydrogen-bond donors (Lipinski definition) is 1. The summed E-state index contributed by atoms with van der Waals surface area (Å²) < 4.78 is 5.42. The molecule has 0 aromatic carbocycles. The van der Waals surface area contributed by atoms with Crippen LogP contribution in [0.3, 0.4) is 0 Å². The van der Waals surface area contributed by atoms with Crippen LogP contribution in [0.15, 0.2) is 0 Å². The predicted octanol–water partition coefficient (Wildman–Crippen LogP) is 0.879. The fourth-order valence-corrected chi connectivity index (χ4v) is 2.48. The fraction of sp³-hybridized carbons (Fsp3) is 0.833. The van der Waals surface area contributed by atoms with Gasteiger partial charge in [0.25, 0.3) is 0 Å². The number of likely N-dealkylation sites (tertiary alicyclic amines) is 1. The Labute approximate surface area is 101 Å². The standard InChI is InChI=1S/C12H19NO4/c1-12(11(15)16)4-5-13(8-12)10(14)7-9-3-2-6-17-9/h9H,2-8H2,1H3,(H,15,16)/t9-,12-/m1/s1. The second-order valence-electron chi connectivity index (χ2n) is 5.27. The zero-order valence-corrected chi connectivity index (χ0v) is 10.1. The summed E-state index contributed by atoms with van der Waals surface area (Å²) in [7, 11) is 0. The average molecular weight is 241 g/mol. The van der Waals surface area contributed by atoms with Crippen LogP contribution in [0.4, 0.5) is 0 Å². The summed E-state index contributed by atoms with van der Waals surface area (Å²) >= 11 is 0. The van der Waals surface area contributed by atoms with E-state index >= 15 is 0 Å². The maximum atomic E-state index is 12.0. The summed E-state index contributed by atoms with van der Waals surface area (Å²) in [5.41, 5.74) is -0.772. The molecule has 5 nitrogen and oxygen atoms in total. The molecule has 1 amide bonds. The second-order valence-corrected chi connectivity index (χ2v) is 5.27. The minimum Gasteiger partial charge on any atom is -0.481 e. The largest absolute Gasteiger partial charge is 0.481 e. The molecule has 2 heterocycles. The predicted molar refractivity (Wildman–Crippen MR) is 60.5 cm³/mol. The molecular weight excluding hydrogens is 222 g/mol. The number of carbonyl (C=O) groups excluding carboxylic acids is 1. The highest BCUT2D eigenvalue weighted by Gasteiger charge is 2.42. The van der Waals surface area contributed by atoms with E-state index in [0.717, 1.165) is 19.4 Å². The third kappa shape index (κ3) is 2.60. The summed E-state index contributed by atoms with van der Waals surface area (Å²) in [6, 6.07) is 0. The number of hydrogen-bond acceptors (Lipinski definition) is 3. The van der Waals surface area contributed by atoms with Gasteiger partial charge in [0.05, 0.1) is 17.9 Å². The number of aliphatic carboxylic acids is 1. The summed E-state index contributed by atoms with van der Waals surface area (Å²) in [5.74, 6) is -0.785. The van der Waals surface area contributed by atoms with E-state index in [1.54, 1.807) is 11.8 Å². The first-order valence-corrected chi connectivity index (χ1v) is 6.14. The first-order valence-electron chi connectivity index (χ1n) is 6.14. The normalized spacial score (nSPS) is 33.0. The average Bonchev–Trinajstić information content (AvgIpc) is 2.88. The first-order chi connectivity index (χ1) is 8.01. The van der Waals surface area contributed by atoms with Crippen molar-refractivity contribution in [3.63, 3.8) is 0 Å². The maximum Gasteiger partial charge on any atom is 0.311 e. The van der Waals surface area contributed by atoms with Gasteiger partial charge < -0.3 is 14.7 Å². The molecule has 0 saturated carbocycles. The second kappa shape index (κ2) is 4.64. The van der Waals surface area contributed by atoms with E-state index in [0.29, 0.717) is 25.9 Å². The van der Waals surface area contributed by atoms with Crippen molar-refractivity contribution in [1.29, 1.82) is 0 Å². The fourth-order valence-electron chi connectivity index (χ4n) is 2.48. The molecule has 0 bridgehead atoms. The number of ether oxygens (including phenoxy) is 1. The topological polar surface area (TPSA) is 66.8 Å². The summed E-state index contributed by atoms with van der Waals surface area (Å²) in [4.78, 5) is 24.7. The lowest BCUT2D eigenvalue weighted by atomic mass is 9.90. The van der Waals surface area contributed by atoms with Crippen LogP contribution in [-0.2, 0) is 14.3 Å². The van der Waals surface area contributed by atoms with E-state index in [-0.39, 0.29) is 12.0 Å².